The second kappa shape index (κ2) is 14.6. The molecule has 1 N–H and O–H groups in total. The van der Waals surface area contributed by atoms with E-state index in [1.807, 2.05) is 0 Å². The molecule has 1 aliphatic rings. The molecule has 3 rings (SSSR count). The molecular weight excluding hydrogens is 630 g/mol. The highest BCUT2D eigenvalue weighted by atomic mass is 28.3. The Hall–Kier alpha value is -3.74. The van der Waals surface area contributed by atoms with E-state index in [2.05, 4.69) is 45.2 Å². The van der Waals surface area contributed by atoms with Crippen LogP contribution in [-0.4, -0.2) is 89.8 Å². The monoisotopic (exact) mass is 666 g/mol. The second-order valence-corrected chi connectivity index (χ2v) is 17.2. The van der Waals surface area contributed by atoms with Gasteiger partial charge in [-0.2, -0.15) is 31.4 Å². The molecule has 0 radical (unpaired) electrons. The van der Waals surface area contributed by atoms with E-state index in [-0.39, 0.29) is 37.8 Å². The molecule has 1 unspecified atom stereocenters. The molecule has 12 nitrogen and oxygen atoms in total. The van der Waals surface area contributed by atoms with Gasteiger partial charge in [0.1, 0.15) is 12.3 Å². The van der Waals surface area contributed by atoms with Crippen molar-refractivity contribution in [1.29, 1.82) is 0 Å². The van der Waals surface area contributed by atoms with Gasteiger partial charge in [0.25, 0.3) is 11.5 Å². The SMILES string of the molecule is C/C(=N\OCC(=O)N1CCN(c2ncc(C(F)(F)F)cn2)CC1)C(C)Nc1cnn(COCC[Si](C)(C)C)c(=O)c1C(F)(F)F. The van der Waals surface area contributed by atoms with E-state index in [1.165, 1.54) is 18.7 Å². The summed E-state index contributed by atoms with van der Waals surface area (Å²) in [6.07, 6.45) is -7.22. The third kappa shape index (κ3) is 10.4. The van der Waals surface area contributed by atoms with Crippen LogP contribution in [-0.2, 0) is 33.5 Å². The molecule has 45 heavy (non-hydrogen) atoms. The lowest BCUT2D eigenvalue weighted by Crippen LogP contribution is -2.50. The van der Waals surface area contributed by atoms with Crippen molar-refractivity contribution in [2.45, 2.75) is 64.7 Å². The lowest BCUT2D eigenvalue weighted by Gasteiger charge is -2.34. The Bertz CT molecular complexity index is 1390. The molecule has 1 aliphatic heterocycles. The summed E-state index contributed by atoms with van der Waals surface area (Å²) in [6, 6.07) is -0.0616. The smallest absolute Gasteiger partial charge is 0.386 e. The zero-order valence-corrected chi connectivity index (χ0v) is 26.5. The first-order valence-corrected chi connectivity index (χ1v) is 17.7. The zero-order valence-electron chi connectivity index (χ0n) is 25.5. The molecule has 0 aliphatic carbocycles. The Morgan fingerprint density at radius 2 is 1.67 bits per heavy atom. The van der Waals surface area contributed by atoms with Gasteiger partial charge < -0.3 is 24.7 Å². The number of carbonyl (C=O) groups excluding carboxylic acids is 1. The van der Waals surface area contributed by atoms with E-state index >= 15 is 0 Å². The largest absolute Gasteiger partial charge is 0.423 e. The van der Waals surface area contributed by atoms with Gasteiger partial charge in [0.15, 0.2) is 6.61 Å². The van der Waals surface area contributed by atoms with E-state index < -0.39 is 68.1 Å². The minimum atomic E-state index is -4.97. The van der Waals surface area contributed by atoms with Crippen molar-refractivity contribution in [3.63, 3.8) is 0 Å². The molecule has 0 saturated carbocycles. The number of oxime groups is 1. The van der Waals surface area contributed by atoms with Crippen molar-refractivity contribution in [2.24, 2.45) is 5.16 Å². The summed E-state index contributed by atoms with van der Waals surface area (Å²) in [5.74, 6) is -0.306. The van der Waals surface area contributed by atoms with Crippen LogP contribution in [0, 0.1) is 0 Å². The van der Waals surface area contributed by atoms with E-state index in [0.29, 0.717) is 23.7 Å². The van der Waals surface area contributed by atoms with Crippen molar-refractivity contribution < 1.29 is 40.7 Å². The van der Waals surface area contributed by atoms with Gasteiger partial charge in [0.05, 0.1) is 29.2 Å². The fraction of sp³-hybridized carbons (Fsp3) is 0.615. The van der Waals surface area contributed by atoms with Crippen LogP contribution in [0.4, 0.5) is 38.0 Å². The molecule has 2 aromatic heterocycles. The number of hydrogen-bond acceptors (Lipinski definition) is 10. The van der Waals surface area contributed by atoms with E-state index in [0.717, 1.165) is 12.2 Å². The molecule has 19 heteroatoms. The molecular formula is C26H36F6N8O4Si. The number of halogens is 6. The topological polar surface area (TPSA) is 127 Å². The highest BCUT2D eigenvalue weighted by molar-refractivity contribution is 6.76. The van der Waals surface area contributed by atoms with Crippen LogP contribution in [0.3, 0.4) is 0 Å². The van der Waals surface area contributed by atoms with Gasteiger partial charge in [-0.15, -0.1) is 0 Å². The lowest BCUT2D eigenvalue weighted by atomic mass is 10.2. The van der Waals surface area contributed by atoms with Crippen molar-refractivity contribution in [3.8, 4) is 0 Å². The number of alkyl halides is 6. The molecule has 1 atom stereocenters. The summed E-state index contributed by atoms with van der Waals surface area (Å²) in [6.45, 7) is 9.77. The van der Waals surface area contributed by atoms with E-state index in [9.17, 15) is 35.9 Å². The third-order valence-corrected chi connectivity index (χ3v) is 8.52. The van der Waals surface area contributed by atoms with Crippen LogP contribution >= 0.6 is 0 Å². The van der Waals surface area contributed by atoms with Gasteiger partial charge in [-0.1, -0.05) is 24.8 Å². The number of anilines is 2. The van der Waals surface area contributed by atoms with Gasteiger partial charge in [-0.25, -0.2) is 14.6 Å². The van der Waals surface area contributed by atoms with Crippen LogP contribution in [0.5, 0.6) is 0 Å². The number of amides is 1. The summed E-state index contributed by atoms with van der Waals surface area (Å²) in [4.78, 5) is 41.0. The molecule has 1 amide bonds. The summed E-state index contributed by atoms with van der Waals surface area (Å²) >= 11 is 0. The quantitative estimate of drug-likeness (QED) is 0.118. The van der Waals surface area contributed by atoms with E-state index in [1.54, 1.807) is 4.90 Å². The maximum atomic E-state index is 13.9. The molecule has 1 fully saturated rings. The summed E-state index contributed by atoms with van der Waals surface area (Å²) in [7, 11) is -1.43. The lowest BCUT2D eigenvalue weighted by molar-refractivity contribution is -0.139. The number of aromatic nitrogens is 4. The molecule has 250 valence electrons. The number of nitrogens with one attached hydrogen (secondary N) is 1. The summed E-state index contributed by atoms with van der Waals surface area (Å²) in [5.41, 5.74) is -4.09. The molecule has 0 bridgehead atoms. The minimum absolute atomic E-state index is 0.111. The Morgan fingerprint density at radius 3 is 2.22 bits per heavy atom. The predicted molar refractivity (Wildman–Crippen MR) is 156 cm³/mol. The average Bonchev–Trinajstić information content (AvgIpc) is 2.94. The molecule has 2 aromatic rings. The second-order valence-electron chi connectivity index (χ2n) is 11.6. The molecule has 0 aromatic carbocycles. The van der Waals surface area contributed by atoms with Crippen LogP contribution < -0.4 is 15.8 Å². The highest BCUT2D eigenvalue weighted by Gasteiger charge is 2.39. The average molecular weight is 667 g/mol. The Kier molecular flexibility index (Phi) is 11.6. The first kappa shape index (κ1) is 35.7. The first-order chi connectivity index (χ1) is 20.9. The maximum absolute atomic E-state index is 13.9. The zero-order chi connectivity index (χ0) is 33.6. The summed E-state index contributed by atoms with van der Waals surface area (Å²) < 4.78 is 85.8. The molecule has 0 spiro atoms. The number of nitrogens with zero attached hydrogens (tertiary/aromatic N) is 7. The van der Waals surface area contributed by atoms with Gasteiger partial charge >= 0.3 is 12.4 Å². The van der Waals surface area contributed by atoms with Crippen molar-refractivity contribution in [1.82, 2.24) is 24.6 Å². The number of rotatable bonds is 12. The van der Waals surface area contributed by atoms with Gasteiger partial charge in [0, 0.05) is 53.3 Å². The highest BCUT2D eigenvalue weighted by Crippen LogP contribution is 2.32. The maximum Gasteiger partial charge on any atom is 0.423 e. The minimum Gasteiger partial charge on any atom is -0.386 e. The van der Waals surface area contributed by atoms with Gasteiger partial charge in [0.2, 0.25) is 5.95 Å². The van der Waals surface area contributed by atoms with E-state index in [4.69, 9.17) is 9.57 Å². The van der Waals surface area contributed by atoms with Gasteiger partial charge in [-0.05, 0) is 19.9 Å². The van der Waals surface area contributed by atoms with Crippen LogP contribution in [0.15, 0.2) is 28.5 Å². The summed E-state index contributed by atoms with van der Waals surface area (Å²) in [5, 5.41) is 10.2. The standard InChI is InChI=1S/C26H36F6N8O4Si/c1-17(36-20-14-35-40(16-43-10-11-45(3,4)5)23(42)22(20)26(30,31)32)18(2)37-44-15-21(41)38-6-8-39(9-7-38)24-33-12-19(13-34-24)25(27,28)29/h12-14,17,36H,6-11,15-16H2,1-5H3/b37-18+. The Labute approximate surface area is 256 Å². The number of hydrogen-bond donors (Lipinski definition) is 1. The molecule has 1 saturated heterocycles. The normalized spacial score (nSPS) is 15.7. The first-order valence-electron chi connectivity index (χ1n) is 14.0. The Balaban J connectivity index is 1.53. The third-order valence-electron chi connectivity index (χ3n) is 6.81. The predicted octanol–water partition coefficient (Wildman–Crippen LogP) is 3.92. The van der Waals surface area contributed by atoms with Crippen LogP contribution in [0.25, 0.3) is 0 Å². The van der Waals surface area contributed by atoms with Gasteiger partial charge in [-0.3, -0.25) is 9.59 Å². The number of piperazine rings is 1. The Morgan fingerprint density at radius 1 is 1.04 bits per heavy atom. The van der Waals surface area contributed by atoms with Crippen molar-refractivity contribution >= 4 is 31.3 Å². The van der Waals surface area contributed by atoms with Crippen molar-refractivity contribution in [3.05, 3.63) is 40.1 Å². The van der Waals surface area contributed by atoms with Crippen LogP contribution in [0.1, 0.15) is 25.0 Å². The molecule has 3 heterocycles. The number of ether oxygens (including phenoxy) is 1. The number of carbonyl (C=O) groups is 1. The van der Waals surface area contributed by atoms with Crippen molar-refractivity contribution in [2.75, 3.05) is 49.6 Å². The fourth-order valence-electron chi connectivity index (χ4n) is 3.98. The fourth-order valence-corrected chi connectivity index (χ4v) is 4.73. The van der Waals surface area contributed by atoms with Crippen LogP contribution in [0.2, 0.25) is 25.7 Å².